The Kier molecular flexibility index (Phi) is 4.48. The Morgan fingerprint density at radius 3 is 2.57 bits per heavy atom. The van der Waals surface area contributed by atoms with Gasteiger partial charge in [-0.15, -0.1) is 0 Å². The molecule has 0 bridgehead atoms. The van der Waals surface area contributed by atoms with Crippen molar-refractivity contribution in [3.8, 4) is 11.1 Å². The fourth-order valence-corrected chi connectivity index (χ4v) is 2.33. The van der Waals surface area contributed by atoms with Crippen molar-refractivity contribution in [2.45, 2.75) is 13.5 Å². The third-order valence-corrected chi connectivity index (χ3v) is 3.65. The van der Waals surface area contributed by atoms with Crippen molar-refractivity contribution in [2.75, 3.05) is 5.32 Å². The van der Waals surface area contributed by atoms with Crippen molar-refractivity contribution in [3.63, 3.8) is 0 Å². The molecule has 0 amide bonds. The van der Waals surface area contributed by atoms with E-state index < -0.39 is 5.82 Å². The third-order valence-electron chi connectivity index (χ3n) is 3.39. The molecule has 4 nitrogen and oxygen atoms in total. The van der Waals surface area contributed by atoms with Crippen molar-refractivity contribution in [2.24, 2.45) is 0 Å². The molecule has 0 aliphatic carbocycles. The number of aryl methyl sites for hydroxylation is 1. The summed E-state index contributed by atoms with van der Waals surface area (Å²) in [5, 5.41) is 2.73. The lowest BCUT2D eigenvalue weighted by molar-refractivity contribution is 0.617. The predicted molar refractivity (Wildman–Crippen MR) is 88.7 cm³/mol. The first-order chi connectivity index (χ1) is 11.1. The fraction of sp³-hybridized carbons (Fsp3) is 0.118. The van der Waals surface area contributed by atoms with E-state index in [2.05, 4.69) is 20.3 Å². The Morgan fingerprint density at radius 2 is 1.83 bits per heavy atom. The van der Waals surface area contributed by atoms with Crippen LogP contribution in [-0.4, -0.2) is 15.0 Å². The van der Waals surface area contributed by atoms with Crippen LogP contribution < -0.4 is 5.32 Å². The highest BCUT2D eigenvalue weighted by Crippen LogP contribution is 2.21. The van der Waals surface area contributed by atoms with Crippen LogP contribution in [0.1, 0.15) is 11.3 Å². The normalized spacial score (nSPS) is 10.6. The maximum absolute atomic E-state index is 13.7. The summed E-state index contributed by atoms with van der Waals surface area (Å²) < 4.78 is 13.7. The minimum Gasteiger partial charge on any atom is -0.363 e. The van der Waals surface area contributed by atoms with Crippen molar-refractivity contribution in [1.82, 2.24) is 15.0 Å². The lowest BCUT2D eigenvalue weighted by Crippen LogP contribution is -2.04. The number of hydrogen-bond acceptors (Lipinski definition) is 4. The first-order valence-electron chi connectivity index (χ1n) is 7.05. The van der Waals surface area contributed by atoms with Gasteiger partial charge in [-0.25, -0.2) is 9.97 Å². The SMILES string of the molecule is Cc1cc(-c2ccc(CNc3ncnc(Cl)c3F)cc2)ccn1. The number of nitrogens with zero attached hydrogens (tertiary/aromatic N) is 3. The molecule has 0 aliphatic heterocycles. The van der Waals surface area contributed by atoms with Crippen molar-refractivity contribution >= 4 is 17.4 Å². The summed E-state index contributed by atoms with van der Waals surface area (Å²) in [5.74, 6) is -0.545. The van der Waals surface area contributed by atoms with Gasteiger partial charge in [0.15, 0.2) is 11.0 Å². The number of hydrogen-bond donors (Lipinski definition) is 1. The summed E-state index contributed by atoms with van der Waals surface area (Å²) in [5.41, 5.74) is 4.21. The van der Waals surface area contributed by atoms with Crippen molar-refractivity contribution in [3.05, 3.63) is 71.2 Å². The molecule has 0 fully saturated rings. The molecular formula is C17H14ClFN4. The second-order valence-corrected chi connectivity index (χ2v) is 5.42. The summed E-state index contributed by atoms with van der Waals surface area (Å²) in [7, 11) is 0. The van der Waals surface area contributed by atoms with Crippen LogP contribution in [0.4, 0.5) is 10.2 Å². The van der Waals surface area contributed by atoms with Crippen LogP contribution in [0.3, 0.4) is 0 Å². The quantitative estimate of drug-likeness (QED) is 0.727. The Balaban J connectivity index is 1.72. The van der Waals surface area contributed by atoms with Gasteiger partial charge in [-0.1, -0.05) is 35.9 Å². The van der Waals surface area contributed by atoms with Gasteiger partial charge in [0.2, 0.25) is 5.82 Å². The molecule has 2 aromatic heterocycles. The number of benzene rings is 1. The van der Waals surface area contributed by atoms with E-state index in [1.54, 1.807) is 6.20 Å². The highest BCUT2D eigenvalue weighted by atomic mass is 35.5. The molecule has 1 aromatic carbocycles. The van der Waals surface area contributed by atoms with Crippen molar-refractivity contribution < 1.29 is 4.39 Å². The Labute approximate surface area is 138 Å². The van der Waals surface area contributed by atoms with Crippen LogP contribution in [-0.2, 0) is 6.54 Å². The molecule has 3 rings (SSSR count). The zero-order chi connectivity index (χ0) is 16.2. The van der Waals surface area contributed by atoms with Gasteiger partial charge >= 0.3 is 0 Å². The Bertz CT molecular complexity index is 821. The van der Waals surface area contributed by atoms with Gasteiger partial charge in [0.05, 0.1) is 0 Å². The number of anilines is 1. The van der Waals surface area contributed by atoms with Crippen LogP contribution in [0.25, 0.3) is 11.1 Å². The van der Waals surface area contributed by atoms with Crippen LogP contribution >= 0.6 is 11.6 Å². The van der Waals surface area contributed by atoms with Gasteiger partial charge in [0, 0.05) is 18.4 Å². The molecule has 0 saturated carbocycles. The largest absolute Gasteiger partial charge is 0.363 e. The Morgan fingerprint density at radius 1 is 1.04 bits per heavy atom. The fourth-order valence-electron chi connectivity index (χ4n) is 2.20. The molecule has 0 saturated heterocycles. The van der Waals surface area contributed by atoms with Crippen molar-refractivity contribution in [1.29, 1.82) is 0 Å². The average Bonchev–Trinajstić information content (AvgIpc) is 2.57. The topological polar surface area (TPSA) is 50.7 Å². The summed E-state index contributed by atoms with van der Waals surface area (Å²) >= 11 is 5.63. The van der Waals surface area contributed by atoms with E-state index in [9.17, 15) is 4.39 Å². The summed E-state index contributed by atoms with van der Waals surface area (Å²) in [6.07, 6.45) is 3.02. The molecular weight excluding hydrogens is 315 g/mol. The van der Waals surface area contributed by atoms with E-state index in [0.29, 0.717) is 6.54 Å². The lowest BCUT2D eigenvalue weighted by Gasteiger charge is -2.08. The van der Waals surface area contributed by atoms with Gasteiger partial charge in [0.1, 0.15) is 6.33 Å². The minimum absolute atomic E-state index is 0.0961. The van der Waals surface area contributed by atoms with Crippen LogP contribution in [0, 0.1) is 12.7 Å². The molecule has 23 heavy (non-hydrogen) atoms. The first kappa shape index (κ1) is 15.4. The highest BCUT2D eigenvalue weighted by molar-refractivity contribution is 6.29. The zero-order valence-corrected chi connectivity index (χ0v) is 13.2. The van der Waals surface area contributed by atoms with Gasteiger partial charge in [0.25, 0.3) is 0 Å². The molecule has 0 spiro atoms. The van der Waals surface area contributed by atoms with Gasteiger partial charge in [-0.3, -0.25) is 4.98 Å². The second-order valence-electron chi connectivity index (χ2n) is 5.06. The van der Waals surface area contributed by atoms with Crippen LogP contribution in [0.5, 0.6) is 0 Å². The van der Waals surface area contributed by atoms with Crippen LogP contribution in [0.2, 0.25) is 5.15 Å². The molecule has 0 radical (unpaired) electrons. The van der Waals surface area contributed by atoms with Crippen LogP contribution in [0.15, 0.2) is 48.9 Å². The second kappa shape index (κ2) is 6.71. The lowest BCUT2D eigenvalue weighted by atomic mass is 10.0. The maximum Gasteiger partial charge on any atom is 0.202 e. The molecule has 1 N–H and O–H groups in total. The van der Waals surface area contributed by atoms with E-state index in [4.69, 9.17) is 11.6 Å². The zero-order valence-electron chi connectivity index (χ0n) is 12.4. The minimum atomic E-state index is -0.641. The number of aromatic nitrogens is 3. The predicted octanol–water partition coefficient (Wildman–Crippen LogP) is 4.25. The van der Waals surface area contributed by atoms with E-state index in [1.807, 2.05) is 43.3 Å². The molecule has 2 heterocycles. The summed E-state index contributed by atoms with van der Waals surface area (Å²) in [6.45, 7) is 2.41. The van der Waals surface area contributed by atoms with E-state index in [-0.39, 0.29) is 11.0 Å². The number of pyridine rings is 1. The highest BCUT2D eigenvalue weighted by Gasteiger charge is 2.08. The monoisotopic (exact) mass is 328 g/mol. The van der Waals surface area contributed by atoms with Gasteiger partial charge < -0.3 is 5.32 Å². The van der Waals surface area contributed by atoms with E-state index >= 15 is 0 Å². The summed E-state index contributed by atoms with van der Waals surface area (Å²) in [6, 6.07) is 12.0. The number of rotatable bonds is 4. The Hall–Kier alpha value is -2.53. The number of nitrogens with one attached hydrogen (secondary N) is 1. The van der Waals surface area contributed by atoms with Gasteiger partial charge in [-0.05, 0) is 35.7 Å². The molecule has 6 heteroatoms. The standard InChI is InChI=1S/C17H14ClFN4/c1-11-8-14(6-7-20-11)13-4-2-12(3-5-13)9-21-17-15(19)16(18)22-10-23-17/h2-8,10H,9H2,1H3,(H,21,22,23). The summed E-state index contributed by atoms with van der Waals surface area (Å²) in [4.78, 5) is 11.6. The average molecular weight is 329 g/mol. The molecule has 0 unspecified atom stereocenters. The maximum atomic E-state index is 13.7. The number of halogens is 2. The molecule has 116 valence electrons. The smallest absolute Gasteiger partial charge is 0.202 e. The molecule has 0 aliphatic rings. The van der Waals surface area contributed by atoms with E-state index in [1.165, 1.54) is 6.33 Å². The first-order valence-corrected chi connectivity index (χ1v) is 7.43. The van der Waals surface area contributed by atoms with Gasteiger partial charge in [-0.2, -0.15) is 4.39 Å². The van der Waals surface area contributed by atoms with E-state index in [0.717, 1.165) is 22.4 Å². The molecule has 3 aromatic rings. The third kappa shape index (κ3) is 3.63. The molecule has 0 atom stereocenters.